The monoisotopic (exact) mass is 547 g/mol. The van der Waals surface area contributed by atoms with Crippen LogP contribution >= 0.6 is 22.6 Å². The van der Waals surface area contributed by atoms with Crippen molar-refractivity contribution in [1.82, 2.24) is 9.38 Å². The van der Waals surface area contributed by atoms with Crippen molar-refractivity contribution in [2.75, 3.05) is 11.4 Å². The first kappa shape index (κ1) is 23.2. The Balaban J connectivity index is 2.08. The molecule has 1 aromatic carbocycles. The van der Waals surface area contributed by atoms with Gasteiger partial charge in [0.15, 0.2) is 5.65 Å². The molecule has 0 bridgehead atoms. The number of imidazole rings is 1. The highest BCUT2D eigenvalue weighted by atomic mass is 127. The van der Waals surface area contributed by atoms with Crippen LogP contribution in [0.1, 0.15) is 27.2 Å². The molecular weight excluding hydrogens is 526 g/mol. The van der Waals surface area contributed by atoms with Crippen LogP contribution in [0.2, 0.25) is 0 Å². The van der Waals surface area contributed by atoms with Gasteiger partial charge in [0.05, 0.1) is 24.5 Å². The predicted octanol–water partition coefficient (Wildman–Crippen LogP) is 6.43. The predicted molar refractivity (Wildman–Crippen MR) is 119 cm³/mol. The number of hydrogen-bond donors (Lipinski definition) is 0. The Bertz CT molecular complexity index is 1060. The summed E-state index contributed by atoms with van der Waals surface area (Å²) in [5.41, 5.74) is -0.404. The highest BCUT2D eigenvalue weighted by Gasteiger charge is 2.32. The number of anilines is 1. The normalized spacial score (nSPS) is 12.1. The van der Waals surface area contributed by atoms with Gasteiger partial charge in [0.2, 0.25) is 0 Å². The molecule has 1 amide bonds. The van der Waals surface area contributed by atoms with E-state index in [4.69, 9.17) is 9.47 Å². The van der Waals surface area contributed by atoms with Crippen molar-refractivity contribution >= 4 is 40.0 Å². The number of amides is 1. The Morgan fingerprint density at radius 1 is 1.16 bits per heavy atom. The van der Waals surface area contributed by atoms with E-state index in [0.717, 1.165) is 4.90 Å². The summed E-state index contributed by atoms with van der Waals surface area (Å²) in [5.74, 6) is 0.882. The molecule has 2 heterocycles. The quantitative estimate of drug-likeness (QED) is 0.346. The number of rotatable bonds is 5. The van der Waals surface area contributed by atoms with E-state index in [9.17, 15) is 18.0 Å². The number of halogens is 4. The third kappa shape index (κ3) is 6.25. The molecule has 2 aromatic heterocycles. The summed E-state index contributed by atoms with van der Waals surface area (Å²) in [7, 11) is 0. The number of pyridine rings is 1. The highest BCUT2D eigenvalue weighted by Crippen LogP contribution is 2.33. The molecule has 0 aliphatic heterocycles. The second-order valence-corrected chi connectivity index (χ2v) is 8.85. The lowest BCUT2D eigenvalue weighted by Gasteiger charge is -2.28. The van der Waals surface area contributed by atoms with Gasteiger partial charge in [-0.1, -0.05) is 18.2 Å². The zero-order valence-corrected chi connectivity index (χ0v) is 19.3. The molecule has 0 aliphatic carbocycles. The van der Waals surface area contributed by atoms with Gasteiger partial charge in [0.1, 0.15) is 20.8 Å². The minimum Gasteiger partial charge on any atom is -0.456 e. The Labute approximate surface area is 191 Å². The molecule has 0 aliphatic rings. The van der Waals surface area contributed by atoms with Gasteiger partial charge in [-0.25, -0.2) is 9.78 Å². The summed E-state index contributed by atoms with van der Waals surface area (Å²) >= 11 is 2.05. The van der Waals surface area contributed by atoms with Gasteiger partial charge < -0.3 is 9.47 Å². The molecule has 0 saturated carbocycles. The number of para-hydroxylation sites is 1. The maximum Gasteiger partial charge on any atom is 0.414 e. The first-order valence-electron chi connectivity index (χ1n) is 9.40. The minimum atomic E-state index is -4.45. The molecule has 0 atom stereocenters. The Morgan fingerprint density at radius 3 is 2.45 bits per heavy atom. The molecule has 0 spiro atoms. The molecule has 0 unspecified atom stereocenters. The average Bonchev–Trinajstić information content (AvgIpc) is 3.01. The summed E-state index contributed by atoms with van der Waals surface area (Å²) in [6.45, 7) is 4.33. The number of benzene rings is 1. The first-order chi connectivity index (χ1) is 14.4. The summed E-state index contributed by atoms with van der Waals surface area (Å²) in [5, 5.41) is 0. The standard InChI is InChI=1S/C21H21F3IN3O3/c1-20(2,3)31-19(29)27(10-9-21(22,23)24)16-11-15(30-14-7-5-4-6-8-14)13-28-17(25)12-26-18(16)28/h4-8,11-13H,9-10H2,1-3H3. The highest BCUT2D eigenvalue weighted by molar-refractivity contribution is 14.1. The van der Waals surface area contributed by atoms with E-state index in [1.807, 2.05) is 28.7 Å². The molecular formula is C21H21F3IN3O3. The molecule has 3 rings (SSSR count). The van der Waals surface area contributed by atoms with E-state index in [-0.39, 0.29) is 5.69 Å². The van der Waals surface area contributed by atoms with Crippen molar-refractivity contribution in [3.05, 3.63) is 52.5 Å². The molecule has 6 nitrogen and oxygen atoms in total. The fourth-order valence-electron chi connectivity index (χ4n) is 2.76. The molecule has 0 radical (unpaired) electrons. The lowest BCUT2D eigenvalue weighted by molar-refractivity contribution is -0.132. The van der Waals surface area contributed by atoms with E-state index in [1.54, 1.807) is 61.8 Å². The van der Waals surface area contributed by atoms with Gasteiger partial charge in [-0.2, -0.15) is 13.2 Å². The number of alkyl halides is 3. The van der Waals surface area contributed by atoms with Gasteiger partial charge in [0.25, 0.3) is 0 Å². The number of hydrogen-bond acceptors (Lipinski definition) is 4. The summed E-state index contributed by atoms with van der Waals surface area (Å²) < 4.78 is 52.6. The topological polar surface area (TPSA) is 56.1 Å². The van der Waals surface area contributed by atoms with E-state index < -0.39 is 30.8 Å². The number of aromatic nitrogens is 2. The number of fused-ring (bicyclic) bond motifs is 1. The van der Waals surface area contributed by atoms with Crippen LogP contribution in [0.25, 0.3) is 5.65 Å². The van der Waals surface area contributed by atoms with Crippen molar-refractivity contribution in [3.63, 3.8) is 0 Å². The third-order valence-corrected chi connectivity index (χ3v) is 4.82. The van der Waals surface area contributed by atoms with E-state index in [2.05, 4.69) is 4.98 Å². The van der Waals surface area contributed by atoms with Crippen molar-refractivity contribution in [2.45, 2.75) is 39.0 Å². The molecule has 0 N–H and O–H groups in total. The molecule has 166 valence electrons. The summed E-state index contributed by atoms with van der Waals surface area (Å²) in [6.07, 6.45) is -3.31. The van der Waals surface area contributed by atoms with E-state index >= 15 is 0 Å². The number of carbonyl (C=O) groups excluding carboxylic acids is 1. The van der Waals surface area contributed by atoms with Crippen molar-refractivity contribution in [2.24, 2.45) is 0 Å². The number of ether oxygens (including phenoxy) is 2. The van der Waals surface area contributed by atoms with Crippen molar-refractivity contribution in [3.8, 4) is 11.5 Å². The van der Waals surface area contributed by atoms with Gasteiger partial charge in [-0.15, -0.1) is 0 Å². The summed E-state index contributed by atoms with van der Waals surface area (Å²) in [4.78, 5) is 18.1. The lowest BCUT2D eigenvalue weighted by Crippen LogP contribution is -2.39. The zero-order chi connectivity index (χ0) is 22.8. The van der Waals surface area contributed by atoms with Gasteiger partial charge in [0, 0.05) is 12.6 Å². The second kappa shape index (κ2) is 8.93. The fourth-order valence-corrected chi connectivity index (χ4v) is 3.27. The lowest BCUT2D eigenvalue weighted by atomic mass is 10.2. The van der Waals surface area contributed by atoms with Crippen LogP contribution in [0.4, 0.5) is 23.7 Å². The molecule has 10 heteroatoms. The van der Waals surface area contributed by atoms with Gasteiger partial charge in [-0.05, 0) is 55.5 Å². The SMILES string of the molecule is CC(C)(C)OC(=O)N(CCC(F)(F)F)c1cc(Oc2ccccc2)cn2c(I)cnc12. The number of carbonyl (C=O) groups is 1. The second-order valence-electron chi connectivity index (χ2n) is 7.75. The smallest absolute Gasteiger partial charge is 0.414 e. The number of nitrogens with zero attached hydrogens (tertiary/aromatic N) is 3. The Morgan fingerprint density at radius 2 is 1.84 bits per heavy atom. The maximum absolute atomic E-state index is 13.0. The molecule has 3 aromatic rings. The van der Waals surface area contributed by atoms with Crippen molar-refractivity contribution in [1.29, 1.82) is 0 Å². The van der Waals surface area contributed by atoms with Crippen LogP contribution in [0.15, 0.2) is 48.8 Å². The van der Waals surface area contributed by atoms with Crippen LogP contribution in [0.3, 0.4) is 0 Å². The summed E-state index contributed by atoms with van der Waals surface area (Å²) in [6, 6.07) is 10.4. The Hall–Kier alpha value is -2.50. The molecule has 31 heavy (non-hydrogen) atoms. The zero-order valence-electron chi connectivity index (χ0n) is 17.1. The first-order valence-corrected chi connectivity index (χ1v) is 10.5. The third-order valence-electron chi connectivity index (χ3n) is 4.02. The van der Waals surface area contributed by atoms with Crippen LogP contribution in [-0.2, 0) is 4.74 Å². The van der Waals surface area contributed by atoms with E-state index in [0.29, 0.717) is 20.8 Å². The molecule has 0 fully saturated rings. The van der Waals surface area contributed by atoms with Crippen molar-refractivity contribution < 1.29 is 27.4 Å². The van der Waals surface area contributed by atoms with Crippen LogP contribution in [0, 0.1) is 3.70 Å². The minimum absolute atomic E-state index is 0.162. The van der Waals surface area contributed by atoms with Crippen LogP contribution in [-0.4, -0.2) is 33.8 Å². The largest absolute Gasteiger partial charge is 0.456 e. The molecule has 0 saturated heterocycles. The van der Waals surface area contributed by atoms with E-state index in [1.165, 1.54) is 6.07 Å². The van der Waals surface area contributed by atoms with Gasteiger partial charge in [-0.3, -0.25) is 9.30 Å². The Kier molecular flexibility index (Phi) is 6.68. The van der Waals surface area contributed by atoms with Gasteiger partial charge >= 0.3 is 12.3 Å². The van der Waals surface area contributed by atoms with Crippen LogP contribution < -0.4 is 9.64 Å². The maximum atomic E-state index is 13.0. The van der Waals surface area contributed by atoms with Crippen LogP contribution in [0.5, 0.6) is 11.5 Å². The average molecular weight is 547 g/mol. The fraction of sp³-hybridized carbons (Fsp3) is 0.333.